The van der Waals surface area contributed by atoms with Gasteiger partial charge in [0, 0.05) is 24.1 Å². The molecule has 110 valence electrons. The number of hydrogen-bond acceptors (Lipinski definition) is 4. The zero-order valence-electron chi connectivity index (χ0n) is 11.7. The SMILES string of the molecule is CCOCC1CCCN1C(=O)C=Cc1cc(CO)cs1. The van der Waals surface area contributed by atoms with Crippen LogP contribution in [-0.4, -0.2) is 41.7 Å². The first-order chi connectivity index (χ1) is 9.74. The van der Waals surface area contributed by atoms with E-state index >= 15 is 0 Å². The van der Waals surface area contributed by atoms with Crippen molar-refractivity contribution in [3.05, 3.63) is 28.0 Å². The Balaban J connectivity index is 1.93. The van der Waals surface area contributed by atoms with Crippen LogP contribution in [-0.2, 0) is 16.1 Å². The molecule has 1 aliphatic heterocycles. The Labute approximate surface area is 123 Å². The smallest absolute Gasteiger partial charge is 0.246 e. The van der Waals surface area contributed by atoms with Crippen LogP contribution in [0.15, 0.2) is 17.5 Å². The lowest BCUT2D eigenvalue weighted by molar-refractivity contribution is -0.127. The summed E-state index contributed by atoms with van der Waals surface area (Å²) in [6.45, 7) is 4.14. The Morgan fingerprint density at radius 1 is 1.65 bits per heavy atom. The maximum Gasteiger partial charge on any atom is 0.246 e. The highest BCUT2D eigenvalue weighted by molar-refractivity contribution is 7.11. The molecule has 1 atom stereocenters. The summed E-state index contributed by atoms with van der Waals surface area (Å²) >= 11 is 1.53. The number of carbonyl (C=O) groups excluding carboxylic acids is 1. The van der Waals surface area contributed by atoms with Gasteiger partial charge in [-0.15, -0.1) is 11.3 Å². The summed E-state index contributed by atoms with van der Waals surface area (Å²) in [4.78, 5) is 15.1. The van der Waals surface area contributed by atoms with Crippen LogP contribution in [0.2, 0.25) is 0 Å². The number of aliphatic hydroxyl groups excluding tert-OH is 1. The number of thiophene rings is 1. The maximum atomic E-state index is 12.2. The Hall–Kier alpha value is -1.17. The Kier molecular flexibility index (Phi) is 5.76. The topological polar surface area (TPSA) is 49.8 Å². The molecule has 1 fully saturated rings. The molecule has 4 nitrogen and oxygen atoms in total. The van der Waals surface area contributed by atoms with Crippen molar-refractivity contribution in [3.8, 4) is 0 Å². The van der Waals surface area contributed by atoms with Gasteiger partial charge in [0.25, 0.3) is 0 Å². The van der Waals surface area contributed by atoms with E-state index in [1.54, 1.807) is 6.08 Å². The largest absolute Gasteiger partial charge is 0.392 e. The van der Waals surface area contributed by atoms with Crippen molar-refractivity contribution < 1.29 is 14.6 Å². The minimum Gasteiger partial charge on any atom is -0.392 e. The van der Waals surface area contributed by atoms with E-state index in [1.807, 2.05) is 29.3 Å². The number of nitrogens with zero attached hydrogens (tertiary/aromatic N) is 1. The molecule has 1 amide bonds. The molecule has 20 heavy (non-hydrogen) atoms. The van der Waals surface area contributed by atoms with Gasteiger partial charge in [0.05, 0.1) is 19.3 Å². The maximum absolute atomic E-state index is 12.2. The van der Waals surface area contributed by atoms with Crippen molar-refractivity contribution in [1.29, 1.82) is 0 Å². The molecule has 5 heteroatoms. The lowest BCUT2D eigenvalue weighted by atomic mass is 10.2. The molecule has 0 spiro atoms. The van der Waals surface area contributed by atoms with Gasteiger partial charge in [-0.3, -0.25) is 4.79 Å². The Morgan fingerprint density at radius 2 is 2.50 bits per heavy atom. The summed E-state index contributed by atoms with van der Waals surface area (Å²) in [5.41, 5.74) is 0.887. The first-order valence-electron chi connectivity index (χ1n) is 6.99. The molecule has 0 radical (unpaired) electrons. The monoisotopic (exact) mass is 295 g/mol. The highest BCUT2D eigenvalue weighted by Crippen LogP contribution is 2.20. The summed E-state index contributed by atoms with van der Waals surface area (Å²) in [5.74, 6) is 0.0474. The average molecular weight is 295 g/mol. The highest BCUT2D eigenvalue weighted by atomic mass is 32.1. The number of hydrogen-bond donors (Lipinski definition) is 1. The summed E-state index contributed by atoms with van der Waals surface area (Å²) in [5, 5.41) is 10.9. The second-order valence-corrected chi connectivity index (χ2v) is 5.78. The average Bonchev–Trinajstić information content (AvgIpc) is 3.11. The third-order valence-corrected chi connectivity index (χ3v) is 4.37. The van der Waals surface area contributed by atoms with Gasteiger partial charge in [0.1, 0.15) is 0 Å². The van der Waals surface area contributed by atoms with E-state index in [0.717, 1.165) is 29.8 Å². The highest BCUT2D eigenvalue weighted by Gasteiger charge is 2.27. The van der Waals surface area contributed by atoms with E-state index in [4.69, 9.17) is 9.84 Å². The predicted molar refractivity (Wildman–Crippen MR) is 80.5 cm³/mol. The molecule has 0 aromatic carbocycles. The fourth-order valence-corrected chi connectivity index (χ4v) is 3.16. The molecule has 1 aliphatic rings. The molecule has 1 aromatic rings. The molecule has 2 rings (SSSR count). The van der Waals surface area contributed by atoms with Gasteiger partial charge in [-0.25, -0.2) is 0 Å². The molecular weight excluding hydrogens is 274 g/mol. The van der Waals surface area contributed by atoms with Crippen molar-refractivity contribution in [2.24, 2.45) is 0 Å². The van der Waals surface area contributed by atoms with Crippen LogP contribution in [0.3, 0.4) is 0 Å². The van der Waals surface area contributed by atoms with Crippen LogP contribution in [0.4, 0.5) is 0 Å². The minimum absolute atomic E-state index is 0.0425. The van der Waals surface area contributed by atoms with Crippen LogP contribution < -0.4 is 0 Å². The molecule has 2 heterocycles. The van der Waals surface area contributed by atoms with Crippen molar-refractivity contribution in [3.63, 3.8) is 0 Å². The quantitative estimate of drug-likeness (QED) is 0.819. The van der Waals surface area contributed by atoms with Crippen LogP contribution in [0.5, 0.6) is 0 Å². The fourth-order valence-electron chi connectivity index (χ4n) is 2.37. The van der Waals surface area contributed by atoms with Gasteiger partial charge >= 0.3 is 0 Å². The van der Waals surface area contributed by atoms with Gasteiger partial charge in [-0.05, 0) is 42.9 Å². The standard InChI is InChI=1S/C15H21NO3S/c1-2-19-10-13-4-3-7-16(13)15(18)6-5-14-8-12(9-17)11-20-14/h5-6,8,11,13,17H,2-4,7,9-10H2,1H3. The number of likely N-dealkylation sites (tertiary alicyclic amines) is 1. The molecule has 1 aromatic heterocycles. The molecule has 0 saturated carbocycles. The summed E-state index contributed by atoms with van der Waals surface area (Å²) in [7, 11) is 0. The zero-order chi connectivity index (χ0) is 14.4. The number of amides is 1. The van der Waals surface area contributed by atoms with Crippen LogP contribution >= 0.6 is 11.3 Å². The van der Waals surface area contributed by atoms with E-state index in [9.17, 15) is 4.79 Å². The number of rotatable bonds is 6. The van der Waals surface area contributed by atoms with Crippen molar-refractivity contribution >= 4 is 23.3 Å². The van der Waals surface area contributed by atoms with E-state index in [-0.39, 0.29) is 18.6 Å². The second kappa shape index (κ2) is 7.57. The fraction of sp³-hybridized carbons (Fsp3) is 0.533. The normalized spacial score (nSPS) is 19.1. The zero-order valence-corrected chi connectivity index (χ0v) is 12.6. The van der Waals surface area contributed by atoms with E-state index in [2.05, 4.69) is 0 Å². The van der Waals surface area contributed by atoms with Gasteiger partial charge in [-0.1, -0.05) is 0 Å². The summed E-state index contributed by atoms with van der Waals surface area (Å²) in [6.07, 6.45) is 5.51. The summed E-state index contributed by atoms with van der Waals surface area (Å²) in [6, 6.07) is 2.11. The van der Waals surface area contributed by atoms with Crippen molar-refractivity contribution in [1.82, 2.24) is 4.90 Å². The first kappa shape index (κ1) is 15.2. The van der Waals surface area contributed by atoms with Crippen molar-refractivity contribution in [2.75, 3.05) is 19.8 Å². The lowest BCUT2D eigenvalue weighted by Crippen LogP contribution is -2.37. The molecular formula is C15H21NO3S. The molecule has 1 saturated heterocycles. The number of carbonyl (C=O) groups is 1. The minimum atomic E-state index is 0.0425. The molecule has 1 unspecified atom stereocenters. The third kappa shape index (κ3) is 3.91. The van der Waals surface area contributed by atoms with Crippen molar-refractivity contribution in [2.45, 2.75) is 32.4 Å². The van der Waals surface area contributed by atoms with Gasteiger partial charge in [-0.2, -0.15) is 0 Å². The predicted octanol–water partition coefficient (Wildman–Crippen LogP) is 2.28. The van der Waals surface area contributed by atoms with Crippen LogP contribution in [0.1, 0.15) is 30.2 Å². The van der Waals surface area contributed by atoms with E-state index < -0.39 is 0 Å². The Morgan fingerprint density at radius 3 is 3.20 bits per heavy atom. The Bertz CT molecular complexity index is 469. The van der Waals surface area contributed by atoms with Crippen LogP contribution in [0, 0.1) is 0 Å². The van der Waals surface area contributed by atoms with E-state index in [1.165, 1.54) is 11.3 Å². The molecule has 0 bridgehead atoms. The third-order valence-electron chi connectivity index (χ3n) is 3.42. The van der Waals surface area contributed by atoms with Gasteiger partial charge in [0.15, 0.2) is 0 Å². The second-order valence-electron chi connectivity index (χ2n) is 4.84. The lowest BCUT2D eigenvalue weighted by Gasteiger charge is -2.23. The number of aliphatic hydroxyl groups is 1. The van der Waals surface area contributed by atoms with Gasteiger partial charge < -0.3 is 14.7 Å². The first-order valence-corrected chi connectivity index (χ1v) is 7.87. The summed E-state index contributed by atoms with van der Waals surface area (Å²) < 4.78 is 5.43. The molecule has 0 aliphatic carbocycles. The van der Waals surface area contributed by atoms with Gasteiger partial charge in [0.2, 0.25) is 5.91 Å². The molecule has 1 N–H and O–H groups in total. The number of ether oxygens (including phenoxy) is 1. The van der Waals surface area contributed by atoms with E-state index in [0.29, 0.717) is 13.2 Å². The van der Waals surface area contributed by atoms with Crippen LogP contribution in [0.25, 0.3) is 6.08 Å².